The lowest BCUT2D eigenvalue weighted by molar-refractivity contribution is 0.180. The van der Waals surface area contributed by atoms with Crippen molar-refractivity contribution in [3.05, 3.63) is 16.5 Å². The van der Waals surface area contributed by atoms with Crippen molar-refractivity contribution in [2.75, 3.05) is 11.9 Å². The molecule has 0 radical (unpaired) electrons. The zero-order valence-corrected chi connectivity index (χ0v) is 10.9. The molecule has 1 aromatic rings. The highest BCUT2D eigenvalue weighted by atomic mass is 35.5. The third kappa shape index (κ3) is 2.29. The van der Waals surface area contributed by atoms with E-state index in [1.54, 1.807) is 0 Å². The number of anilines is 1. The maximum absolute atomic E-state index is 6.03. The number of aryl methyl sites for hydroxylation is 1. The molecule has 0 unspecified atom stereocenters. The van der Waals surface area contributed by atoms with Crippen LogP contribution in [0.3, 0.4) is 0 Å². The first-order valence-electron chi connectivity index (χ1n) is 5.75. The van der Waals surface area contributed by atoms with Gasteiger partial charge in [0.2, 0.25) is 0 Å². The molecule has 0 spiro atoms. The van der Waals surface area contributed by atoms with E-state index in [1.165, 1.54) is 19.3 Å². The van der Waals surface area contributed by atoms with Crippen LogP contribution in [0, 0.1) is 19.3 Å². The molecule has 4 heteroatoms. The fourth-order valence-electron chi connectivity index (χ4n) is 2.02. The molecule has 1 aliphatic carbocycles. The van der Waals surface area contributed by atoms with Crippen LogP contribution in [0.4, 0.5) is 5.82 Å². The molecule has 0 aromatic carbocycles. The molecule has 1 fully saturated rings. The van der Waals surface area contributed by atoms with Gasteiger partial charge in [-0.25, -0.2) is 9.97 Å². The van der Waals surface area contributed by atoms with Gasteiger partial charge in [-0.3, -0.25) is 0 Å². The summed E-state index contributed by atoms with van der Waals surface area (Å²) in [7, 11) is 0. The molecule has 0 saturated heterocycles. The van der Waals surface area contributed by atoms with Crippen LogP contribution in [0.15, 0.2) is 0 Å². The summed E-state index contributed by atoms with van der Waals surface area (Å²) >= 11 is 6.03. The van der Waals surface area contributed by atoms with Gasteiger partial charge in [-0.05, 0) is 32.1 Å². The lowest BCUT2D eigenvalue weighted by Crippen LogP contribution is -2.33. The van der Waals surface area contributed by atoms with E-state index in [4.69, 9.17) is 11.6 Å². The highest BCUT2D eigenvalue weighted by Crippen LogP contribution is 2.40. The number of hydrogen-bond donors (Lipinski definition) is 1. The largest absolute Gasteiger partial charge is 0.369 e. The van der Waals surface area contributed by atoms with Crippen molar-refractivity contribution < 1.29 is 0 Å². The summed E-state index contributed by atoms with van der Waals surface area (Å²) in [5, 5.41) is 3.95. The van der Waals surface area contributed by atoms with Crippen molar-refractivity contribution in [1.82, 2.24) is 9.97 Å². The van der Waals surface area contributed by atoms with Gasteiger partial charge in [-0.2, -0.15) is 0 Å². The minimum absolute atomic E-state index is 0.442. The predicted molar refractivity (Wildman–Crippen MR) is 67.0 cm³/mol. The van der Waals surface area contributed by atoms with E-state index in [2.05, 4.69) is 22.2 Å². The molecular formula is C12H18ClN3. The Labute approximate surface area is 102 Å². The van der Waals surface area contributed by atoms with Crippen molar-refractivity contribution in [2.45, 2.75) is 40.0 Å². The van der Waals surface area contributed by atoms with Crippen LogP contribution < -0.4 is 5.32 Å². The van der Waals surface area contributed by atoms with Crippen molar-refractivity contribution in [3.8, 4) is 0 Å². The van der Waals surface area contributed by atoms with Crippen LogP contribution in [0.5, 0.6) is 0 Å². The second kappa shape index (κ2) is 4.21. The molecule has 1 aliphatic rings. The van der Waals surface area contributed by atoms with E-state index >= 15 is 0 Å². The number of aromatic nitrogens is 2. The fraction of sp³-hybridized carbons (Fsp3) is 0.667. The quantitative estimate of drug-likeness (QED) is 0.822. The average Bonchev–Trinajstić information content (AvgIpc) is 2.18. The van der Waals surface area contributed by atoms with Crippen LogP contribution in [0.1, 0.15) is 37.6 Å². The third-order valence-electron chi connectivity index (χ3n) is 3.44. The normalized spacial score (nSPS) is 18.0. The van der Waals surface area contributed by atoms with E-state index in [9.17, 15) is 0 Å². The number of nitrogens with one attached hydrogen (secondary N) is 1. The van der Waals surface area contributed by atoms with E-state index < -0.39 is 0 Å². The maximum Gasteiger partial charge on any atom is 0.137 e. The Bertz CT molecular complexity index is 399. The maximum atomic E-state index is 6.03. The Morgan fingerprint density at radius 3 is 2.56 bits per heavy atom. The van der Waals surface area contributed by atoms with E-state index in [0.717, 1.165) is 23.8 Å². The average molecular weight is 240 g/mol. The molecule has 0 amide bonds. The zero-order valence-electron chi connectivity index (χ0n) is 10.1. The van der Waals surface area contributed by atoms with Gasteiger partial charge in [0.05, 0.1) is 0 Å². The molecule has 1 aromatic heterocycles. The predicted octanol–water partition coefficient (Wildman–Crippen LogP) is 3.35. The van der Waals surface area contributed by atoms with Crippen LogP contribution >= 0.6 is 11.6 Å². The molecule has 0 atom stereocenters. The SMILES string of the molecule is Cc1nc(Cl)c(C)c(NCC2(C)CCC2)n1. The molecule has 1 heterocycles. The van der Waals surface area contributed by atoms with E-state index in [-0.39, 0.29) is 0 Å². The minimum Gasteiger partial charge on any atom is -0.369 e. The van der Waals surface area contributed by atoms with Crippen LogP contribution in [0.25, 0.3) is 0 Å². The van der Waals surface area contributed by atoms with Gasteiger partial charge in [-0.1, -0.05) is 24.9 Å². The van der Waals surface area contributed by atoms with Gasteiger partial charge in [0.1, 0.15) is 16.8 Å². The van der Waals surface area contributed by atoms with Gasteiger partial charge in [0, 0.05) is 12.1 Å². The summed E-state index contributed by atoms with van der Waals surface area (Å²) in [6, 6.07) is 0. The van der Waals surface area contributed by atoms with Gasteiger partial charge >= 0.3 is 0 Å². The topological polar surface area (TPSA) is 37.8 Å². The summed E-state index contributed by atoms with van der Waals surface area (Å²) in [4.78, 5) is 8.52. The van der Waals surface area contributed by atoms with Crippen molar-refractivity contribution in [3.63, 3.8) is 0 Å². The second-order valence-electron chi connectivity index (χ2n) is 5.05. The van der Waals surface area contributed by atoms with Crippen LogP contribution in [0.2, 0.25) is 5.15 Å². The first-order chi connectivity index (χ1) is 7.50. The second-order valence-corrected chi connectivity index (χ2v) is 5.41. The van der Waals surface area contributed by atoms with Crippen molar-refractivity contribution in [2.24, 2.45) is 5.41 Å². The highest BCUT2D eigenvalue weighted by Gasteiger charge is 2.31. The summed E-state index contributed by atoms with van der Waals surface area (Å²) < 4.78 is 0. The standard InChI is InChI=1S/C12H18ClN3/c1-8-10(13)15-9(2)16-11(8)14-7-12(3)5-4-6-12/h4-7H2,1-3H3,(H,14,15,16). The molecule has 2 rings (SSSR count). The Hall–Kier alpha value is -0.830. The van der Waals surface area contributed by atoms with Gasteiger partial charge in [0.25, 0.3) is 0 Å². The van der Waals surface area contributed by atoms with Gasteiger partial charge < -0.3 is 5.32 Å². The Balaban J connectivity index is 2.09. The number of halogens is 1. The minimum atomic E-state index is 0.442. The Kier molecular flexibility index (Phi) is 3.06. The first kappa shape index (κ1) is 11.6. The first-order valence-corrected chi connectivity index (χ1v) is 6.13. The number of nitrogens with zero attached hydrogens (tertiary/aromatic N) is 2. The van der Waals surface area contributed by atoms with Crippen molar-refractivity contribution >= 4 is 17.4 Å². The lowest BCUT2D eigenvalue weighted by Gasteiger charge is -2.38. The summed E-state index contributed by atoms with van der Waals surface area (Å²) in [6.07, 6.45) is 3.95. The molecular weight excluding hydrogens is 222 g/mol. The summed E-state index contributed by atoms with van der Waals surface area (Å²) in [5.41, 5.74) is 1.38. The molecule has 3 nitrogen and oxygen atoms in total. The van der Waals surface area contributed by atoms with Gasteiger partial charge in [0.15, 0.2) is 0 Å². The number of hydrogen-bond acceptors (Lipinski definition) is 3. The molecule has 1 N–H and O–H groups in total. The molecule has 1 saturated carbocycles. The van der Waals surface area contributed by atoms with Gasteiger partial charge in [-0.15, -0.1) is 0 Å². The molecule has 0 aliphatic heterocycles. The monoisotopic (exact) mass is 239 g/mol. The number of rotatable bonds is 3. The van der Waals surface area contributed by atoms with E-state index in [1.807, 2.05) is 13.8 Å². The molecule has 16 heavy (non-hydrogen) atoms. The Morgan fingerprint density at radius 1 is 1.31 bits per heavy atom. The third-order valence-corrected chi connectivity index (χ3v) is 3.81. The smallest absolute Gasteiger partial charge is 0.137 e. The fourth-order valence-corrected chi connectivity index (χ4v) is 2.23. The highest BCUT2D eigenvalue weighted by molar-refractivity contribution is 6.30. The summed E-state index contributed by atoms with van der Waals surface area (Å²) in [5.74, 6) is 1.60. The zero-order chi connectivity index (χ0) is 11.8. The molecule has 88 valence electrons. The van der Waals surface area contributed by atoms with Crippen LogP contribution in [-0.2, 0) is 0 Å². The van der Waals surface area contributed by atoms with Crippen LogP contribution in [-0.4, -0.2) is 16.5 Å². The van der Waals surface area contributed by atoms with E-state index in [0.29, 0.717) is 10.6 Å². The Morgan fingerprint density at radius 2 is 2.00 bits per heavy atom. The molecule has 0 bridgehead atoms. The van der Waals surface area contributed by atoms with Crippen molar-refractivity contribution in [1.29, 1.82) is 0 Å². The lowest BCUT2D eigenvalue weighted by atomic mass is 9.70. The summed E-state index contributed by atoms with van der Waals surface area (Å²) in [6.45, 7) is 7.10.